The predicted octanol–water partition coefficient (Wildman–Crippen LogP) is 0.736. The lowest BCUT2D eigenvalue weighted by Crippen LogP contribution is -1.97. The molecule has 0 aliphatic rings. The minimum atomic E-state index is 0.545. The van der Waals surface area contributed by atoms with Crippen molar-refractivity contribution in [1.82, 2.24) is 20.0 Å². The van der Waals surface area contributed by atoms with E-state index in [1.54, 1.807) is 4.52 Å². The highest BCUT2D eigenvalue weighted by molar-refractivity contribution is 5.81. The summed E-state index contributed by atoms with van der Waals surface area (Å²) in [5.41, 5.74) is 8.44. The van der Waals surface area contributed by atoms with Crippen LogP contribution in [0.3, 0.4) is 0 Å². The number of nitrogens with zero attached hydrogens (tertiary/aromatic N) is 4. The highest BCUT2D eigenvalue weighted by Gasteiger charge is 2.02. The van der Waals surface area contributed by atoms with E-state index in [0.717, 1.165) is 22.1 Å². The first kappa shape index (κ1) is 8.31. The van der Waals surface area contributed by atoms with Crippen molar-refractivity contribution in [3.63, 3.8) is 0 Å². The van der Waals surface area contributed by atoms with Crippen LogP contribution in [0, 0.1) is 0 Å². The Bertz CT molecular complexity index is 628. The molecule has 0 aliphatic carbocycles. The Labute approximate surface area is 85.5 Å². The van der Waals surface area contributed by atoms with Crippen molar-refractivity contribution in [3.8, 4) is 0 Å². The van der Waals surface area contributed by atoms with Crippen molar-refractivity contribution in [2.24, 2.45) is 5.73 Å². The number of pyridine rings is 1. The number of rotatable bonds is 1. The van der Waals surface area contributed by atoms with Crippen LogP contribution in [0.2, 0.25) is 0 Å². The largest absolute Gasteiger partial charge is 0.326 e. The highest BCUT2D eigenvalue weighted by atomic mass is 15.5. The quantitative estimate of drug-likeness (QED) is 0.627. The third-order valence-corrected chi connectivity index (χ3v) is 2.46. The van der Waals surface area contributed by atoms with Crippen LogP contribution in [0.5, 0.6) is 0 Å². The number of hydrogen-bond donors (Lipinski definition) is 1. The molecule has 2 N–H and O–H groups in total. The van der Waals surface area contributed by atoms with Crippen LogP contribution in [0.1, 0.15) is 5.56 Å². The Morgan fingerprint density at radius 1 is 1.20 bits per heavy atom. The van der Waals surface area contributed by atoms with E-state index in [0.29, 0.717) is 6.54 Å². The summed E-state index contributed by atoms with van der Waals surface area (Å²) in [6, 6.07) is 9.92. The summed E-state index contributed by atoms with van der Waals surface area (Å²) in [7, 11) is 0. The lowest BCUT2D eigenvalue weighted by molar-refractivity contribution is 0.841. The topological polar surface area (TPSA) is 69.1 Å². The fourth-order valence-corrected chi connectivity index (χ4v) is 1.69. The first-order valence-corrected chi connectivity index (χ1v) is 4.68. The number of aromatic nitrogens is 4. The van der Waals surface area contributed by atoms with Crippen molar-refractivity contribution in [1.29, 1.82) is 0 Å². The highest BCUT2D eigenvalue weighted by Crippen LogP contribution is 2.16. The SMILES string of the molecule is NCc1ccc2c(ccc3nnnn32)c1. The van der Waals surface area contributed by atoms with Crippen molar-refractivity contribution in [2.75, 3.05) is 0 Å². The standard InChI is InChI=1S/C10H9N5/c11-6-7-1-3-9-8(5-7)2-4-10-12-13-14-15(9)10/h1-5H,6,11H2. The van der Waals surface area contributed by atoms with E-state index < -0.39 is 0 Å². The van der Waals surface area contributed by atoms with Crippen LogP contribution < -0.4 is 5.73 Å². The minimum Gasteiger partial charge on any atom is -0.326 e. The lowest BCUT2D eigenvalue weighted by Gasteiger charge is -2.01. The summed E-state index contributed by atoms with van der Waals surface area (Å²) in [5.74, 6) is 0. The van der Waals surface area contributed by atoms with E-state index in [-0.39, 0.29) is 0 Å². The zero-order valence-electron chi connectivity index (χ0n) is 7.96. The third kappa shape index (κ3) is 1.17. The van der Waals surface area contributed by atoms with Crippen LogP contribution >= 0.6 is 0 Å². The fourth-order valence-electron chi connectivity index (χ4n) is 1.69. The molecule has 0 saturated carbocycles. The lowest BCUT2D eigenvalue weighted by atomic mass is 10.1. The molecule has 2 aromatic heterocycles. The molecule has 5 heteroatoms. The Balaban J connectivity index is 2.44. The van der Waals surface area contributed by atoms with E-state index in [1.807, 2.05) is 24.3 Å². The molecule has 0 saturated heterocycles. The number of nitrogens with two attached hydrogens (primary N) is 1. The van der Waals surface area contributed by atoms with E-state index >= 15 is 0 Å². The molecule has 74 valence electrons. The average Bonchev–Trinajstić information content (AvgIpc) is 2.76. The maximum atomic E-state index is 5.59. The smallest absolute Gasteiger partial charge is 0.179 e. The molecular formula is C10H9N5. The molecule has 0 aliphatic heterocycles. The predicted molar refractivity (Wildman–Crippen MR) is 56.2 cm³/mol. The van der Waals surface area contributed by atoms with Crippen LogP contribution in [-0.4, -0.2) is 20.0 Å². The minimum absolute atomic E-state index is 0.545. The molecule has 0 atom stereocenters. The molecule has 0 unspecified atom stereocenters. The van der Waals surface area contributed by atoms with Crippen LogP contribution in [0.25, 0.3) is 16.6 Å². The Hall–Kier alpha value is -2.01. The fraction of sp³-hybridized carbons (Fsp3) is 0.100. The maximum Gasteiger partial charge on any atom is 0.179 e. The molecule has 0 fully saturated rings. The number of tetrazole rings is 1. The zero-order chi connectivity index (χ0) is 10.3. The summed E-state index contributed by atoms with van der Waals surface area (Å²) < 4.78 is 1.72. The second kappa shape index (κ2) is 2.99. The number of hydrogen-bond acceptors (Lipinski definition) is 4. The van der Waals surface area contributed by atoms with Crippen molar-refractivity contribution >= 4 is 16.6 Å². The van der Waals surface area contributed by atoms with Gasteiger partial charge in [0.1, 0.15) is 0 Å². The van der Waals surface area contributed by atoms with Gasteiger partial charge in [-0.15, -0.1) is 5.10 Å². The molecule has 5 nitrogen and oxygen atoms in total. The van der Waals surface area contributed by atoms with Gasteiger partial charge in [0, 0.05) is 11.9 Å². The van der Waals surface area contributed by atoms with Gasteiger partial charge in [-0.1, -0.05) is 6.07 Å². The Morgan fingerprint density at radius 2 is 2.13 bits per heavy atom. The van der Waals surface area contributed by atoms with Gasteiger partial charge < -0.3 is 5.73 Å². The molecule has 0 spiro atoms. The molecule has 3 aromatic rings. The second-order valence-corrected chi connectivity index (χ2v) is 3.38. The van der Waals surface area contributed by atoms with Gasteiger partial charge in [0.2, 0.25) is 0 Å². The Morgan fingerprint density at radius 3 is 3.00 bits per heavy atom. The van der Waals surface area contributed by atoms with E-state index in [1.165, 1.54) is 0 Å². The summed E-state index contributed by atoms with van der Waals surface area (Å²) in [5, 5.41) is 12.5. The van der Waals surface area contributed by atoms with Crippen molar-refractivity contribution in [3.05, 3.63) is 35.9 Å². The monoisotopic (exact) mass is 199 g/mol. The van der Waals surface area contributed by atoms with Crippen molar-refractivity contribution < 1.29 is 0 Å². The van der Waals surface area contributed by atoms with Crippen LogP contribution in [0.15, 0.2) is 30.3 Å². The van der Waals surface area contributed by atoms with E-state index in [2.05, 4.69) is 21.6 Å². The first-order valence-electron chi connectivity index (χ1n) is 4.68. The molecule has 3 rings (SSSR count). The summed E-state index contributed by atoms with van der Waals surface area (Å²) in [6.45, 7) is 0.545. The van der Waals surface area contributed by atoms with Gasteiger partial charge in [0.25, 0.3) is 0 Å². The van der Waals surface area contributed by atoms with Gasteiger partial charge in [-0.05, 0) is 40.3 Å². The summed E-state index contributed by atoms with van der Waals surface area (Å²) in [4.78, 5) is 0. The van der Waals surface area contributed by atoms with Crippen LogP contribution in [0.4, 0.5) is 0 Å². The summed E-state index contributed by atoms with van der Waals surface area (Å²) >= 11 is 0. The van der Waals surface area contributed by atoms with E-state index in [9.17, 15) is 0 Å². The van der Waals surface area contributed by atoms with Gasteiger partial charge in [-0.3, -0.25) is 0 Å². The normalized spacial score (nSPS) is 11.3. The maximum absolute atomic E-state index is 5.59. The van der Waals surface area contributed by atoms with Gasteiger partial charge >= 0.3 is 0 Å². The van der Waals surface area contributed by atoms with Crippen molar-refractivity contribution in [2.45, 2.75) is 6.54 Å². The molecule has 0 radical (unpaired) electrons. The number of fused-ring (bicyclic) bond motifs is 3. The summed E-state index contributed by atoms with van der Waals surface area (Å²) in [6.07, 6.45) is 0. The molecule has 1 aromatic carbocycles. The molecular weight excluding hydrogens is 190 g/mol. The Kier molecular flexibility index (Phi) is 1.66. The second-order valence-electron chi connectivity index (χ2n) is 3.38. The number of benzene rings is 1. The van der Waals surface area contributed by atoms with Gasteiger partial charge in [0.15, 0.2) is 5.65 Å². The first-order chi connectivity index (χ1) is 7.38. The van der Waals surface area contributed by atoms with Gasteiger partial charge in [-0.25, -0.2) is 0 Å². The molecule has 2 heterocycles. The molecule has 0 amide bonds. The molecule has 0 bridgehead atoms. The third-order valence-electron chi connectivity index (χ3n) is 2.46. The van der Waals surface area contributed by atoms with Gasteiger partial charge in [0.05, 0.1) is 5.52 Å². The molecule has 15 heavy (non-hydrogen) atoms. The van der Waals surface area contributed by atoms with Gasteiger partial charge in [-0.2, -0.15) is 4.52 Å². The average molecular weight is 199 g/mol. The van der Waals surface area contributed by atoms with E-state index in [4.69, 9.17) is 5.73 Å². The van der Waals surface area contributed by atoms with Crippen LogP contribution in [-0.2, 0) is 6.54 Å². The zero-order valence-corrected chi connectivity index (χ0v) is 7.96.